The van der Waals surface area contributed by atoms with Crippen LogP contribution in [0.2, 0.25) is 0 Å². The van der Waals surface area contributed by atoms with Gasteiger partial charge in [-0.05, 0) is 50.3 Å². The van der Waals surface area contributed by atoms with E-state index in [0.717, 1.165) is 12.8 Å². The molecular formula is C15H21FN2O. The van der Waals surface area contributed by atoms with E-state index in [2.05, 4.69) is 10.6 Å². The zero-order valence-electron chi connectivity index (χ0n) is 11.4. The van der Waals surface area contributed by atoms with Crippen LogP contribution in [0.25, 0.3) is 0 Å². The minimum Gasteiger partial charge on any atom is -0.355 e. The summed E-state index contributed by atoms with van der Waals surface area (Å²) in [7, 11) is 0. The fourth-order valence-corrected chi connectivity index (χ4v) is 2.52. The number of rotatable bonds is 5. The lowest BCUT2D eigenvalue weighted by Gasteiger charge is -2.37. The quantitative estimate of drug-likeness (QED) is 0.856. The Bertz CT molecular complexity index is 426. The van der Waals surface area contributed by atoms with Gasteiger partial charge >= 0.3 is 0 Å². The molecule has 0 aliphatic heterocycles. The first-order valence-corrected chi connectivity index (χ1v) is 6.89. The molecule has 1 unspecified atom stereocenters. The number of benzene rings is 1. The molecule has 1 fully saturated rings. The van der Waals surface area contributed by atoms with E-state index in [9.17, 15) is 9.18 Å². The van der Waals surface area contributed by atoms with Gasteiger partial charge in [0.05, 0.1) is 6.04 Å². The molecule has 0 saturated heterocycles. The van der Waals surface area contributed by atoms with Gasteiger partial charge in [-0.15, -0.1) is 0 Å². The molecule has 0 bridgehead atoms. The summed E-state index contributed by atoms with van der Waals surface area (Å²) >= 11 is 0. The SMILES string of the molecule is CCNC(=O)C(C)NC1CC(c2ccc(F)cc2)C1. The standard InChI is InChI=1S/C15H21FN2O/c1-3-17-15(19)10(2)18-14-8-12(9-14)11-4-6-13(16)7-5-11/h4-7,10,12,14,18H,3,8-9H2,1-2H3,(H,17,19). The van der Waals surface area contributed by atoms with Crippen LogP contribution in [0.15, 0.2) is 24.3 Å². The average molecular weight is 264 g/mol. The Morgan fingerprint density at radius 2 is 2.00 bits per heavy atom. The van der Waals surface area contributed by atoms with E-state index in [-0.39, 0.29) is 17.8 Å². The first-order valence-electron chi connectivity index (χ1n) is 6.89. The summed E-state index contributed by atoms with van der Waals surface area (Å²) in [5.41, 5.74) is 1.19. The van der Waals surface area contributed by atoms with E-state index in [1.807, 2.05) is 26.0 Å². The Kier molecular flexibility index (Phi) is 4.53. The Labute approximate surface area is 113 Å². The maximum absolute atomic E-state index is 12.8. The first-order chi connectivity index (χ1) is 9.10. The summed E-state index contributed by atoms with van der Waals surface area (Å²) in [4.78, 5) is 11.6. The summed E-state index contributed by atoms with van der Waals surface area (Å²) in [5, 5.41) is 6.13. The van der Waals surface area contributed by atoms with Gasteiger partial charge in [0.25, 0.3) is 0 Å². The van der Waals surface area contributed by atoms with Crippen LogP contribution in [-0.2, 0) is 4.79 Å². The highest BCUT2D eigenvalue weighted by molar-refractivity contribution is 5.81. The summed E-state index contributed by atoms with van der Waals surface area (Å²) in [6.45, 7) is 4.46. The summed E-state index contributed by atoms with van der Waals surface area (Å²) in [6.07, 6.45) is 2.02. The molecule has 1 aliphatic rings. The maximum atomic E-state index is 12.8. The van der Waals surface area contributed by atoms with Crippen LogP contribution < -0.4 is 10.6 Å². The van der Waals surface area contributed by atoms with Crippen molar-refractivity contribution >= 4 is 5.91 Å². The molecule has 0 aromatic heterocycles. The molecule has 1 aromatic carbocycles. The molecule has 2 N–H and O–H groups in total. The predicted octanol–water partition coefficient (Wildman–Crippen LogP) is 2.19. The Balaban J connectivity index is 1.77. The fourth-order valence-electron chi connectivity index (χ4n) is 2.52. The molecule has 0 radical (unpaired) electrons. The van der Waals surface area contributed by atoms with Gasteiger partial charge in [-0.2, -0.15) is 0 Å². The lowest BCUT2D eigenvalue weighted by molar-refractivity contribution is -0.123. The van der Waals surface area contributed by atoms with Gasteiger partial charge in [-0.3, -0.25) is 4.79 Å². The number of nitrogens with one attached hydrogen (secondary N) is 2. The van der Waals surface area contributed by atoms with Crippen molar-refractivity contribution in [1.82, 2.24) is 10.6 Å². The van der Waals surface area contributed by atoms with Gasteiger partial charge < -0.3 is 10.6 Å². The van der Waals surface area contributed by atoms with Gasteiger partial charge in [-0.25, -0.2) is 4.39 Å². The second-order valence-corrected chi connectivity index (χ2v) is 5.20. The molecule has 4 heteroatoms. The number of carbonyl (C=O) groups is 1. The van der Waals surface area contributed by atoms with E-state index in [4.69, 9.17) is 0 Å². The summed E-state index contributed by atoms with van der Waals surface area (Å²) < 4.78 is 12.8. The zero-order chi connectivity index (χ0) is 13.8. The van der Waals surface area contributed by atoms with Gasteiger partial charge in [0.2, 0.25) is 5.91 Å². The molecule has 1 aromatic rings. The largest absolute Gasteiger partial charge is 0.355 e. The third kappa shape index (κ3) is 3.53. The molecule has 1 amide bonds. The van der Waals surface area contributed by atoms with Crippen LogP contribution in [0.4, 0.5) is 4.39 Å². The smallest absolute Gasteiger partial charge is 0.236 e. The molecule has 2 rings (SSSR count). The van der Waals surface area contributed by atoms with Crippen molar-refractivity contribution in [1.29, 1.82) is 0 Å². The van der Waals surface area contributed by atoms with Crippen LogP contribution in [0.5, 0.6) is 0 Å². The molecule has 1 atom stereocenters. The number of amides is 1. The highest BCUT2D eigenvalue weighted by Crippen LogP contribution is 2.36. The molecule has 1 aliphatic carbocycles. The molecular weight excluding hydrogens is 243 g/mol. The molecule has 104 valence electrons. The number of carbonyl (C=O) groups excluding carboxylic acids is 1. The van der Waals surface area contributed by atoms with Gasteiger partial charge in [0, 0.05) is 12.6 Å². The van der Waals surface area contributed by atoms with Crippen molar-refractivity contribution in [2.75, 3.05) is 6.54 Å². The molecule has 1 saturated carbocycles. The lowest BCUT2D eigenvalue weighted by atomic mass is 9.75. The van der Waals surface area contributed by atoms with Crippen molar-refractivity contribution in [3.63, 3.8) is 0 Å². The third-order valence-electron chi connectivity index (χ3n) is 3.71. The Hall–Kier alpha value is -1.42. The van der Waals surface area contributed by atoms with E-state index in [1.165, 1.54) is 17.7 Å². The van der Waals surface area contributed by atoms with E-state index in [1.54, 1.807) is 0 Å². The Morgan fingerprint density at radius 3 is 2.58 bits per heavy atom. The predicted molar refractivity (Wildman–Crippen MR) is 73.4 cm³/mol. The summed E-state index contributed by atoms with van der Waals surface area (Å²) in [6, 6.07) is 6.94. The lowest BCUT2D eigenvalue weighted by Crippen LogP contribution is -2.50. The topological polar surface area (TPSA) is 41.1 Å². The van der Waals surface area contributed by atoms with Gasteiger partial charge in [0.15, 0.2) is 0 Å². The van der Waals surface area contributed by atoms with Gasteiger partial charge in [0.1, 0.15) is 5.82 Å². The van der Waals surface area contributed by atoms with E-state index in [0.29, 0.717) is 18.5 Å². The maximum Gasteiger partial charge on any atom is 0.236 e. The number of hydrogen-bond donors (Lipinski definition) is 2. The minimum absolute atomic E-state index is 0.0488. The minimum atomic E-state index is -0.192. The fraction of sp³-hybridized carbons (Fsp3) is 0.533. The molecule has 0 heterocycles. The number of likely N-dealkylation sites (N-methyl/N-ethyl adjacent to an activating group) is 1. The molecule has 3 nitrogen and oxygen atoms in total. The van der Waals surface area contributed by atoms with Crippen LogP contribution in [0.1, 0.15) is 38.2 Å². The molecule has 0 spiro atoms. The van der Waals surface area contributed by atoms with E-state index >= 15 is 0 Å². The van der Waals surface area contributed by atoms with Crippen molar-refractivity contribution in [3.8, 4) is 0 Å². The van der Waals surface area contributed by atoms with Crippen LogP contribution in [-0.4, -0.2) is 24.5 Å². The average Bonchev–Trinajstić information content (AvgIpc) is 2.35. The Morgan fingerprint density at radius 1 is 1.37 bits per heavy atom. The highest BCUT2D eigenvalue weighted by Gasteiger charge is 2.31. The third-order valence-corrected chi connectivity index (χ3v) is 3.71. The second kappa shape index (κ2) is 6.15. The number of halogens is 1. The van der Waals surface area contributed by atoms with E-state index < -0.39 is 0 Å². The monoisotopic (exact) mass is 264 g/mol. The second-order valence-electron chi connectivity index (χ2n) is 5.20. The zero-order valence-corrected chi connectivity index (χ0v) is 11.4. The van der Waals surface area contributed by atoms with Crippen molar-refractivity contribution in [2.45, 2.75) is 44.7 Å². The van der Waals surface area contributed by atoms with Crippen molar-refractivity contribution in [2.24, 2.45) is 0 Å². The number of hydrogen-bond acceptors (Lipinski definition) is 2. The van der Waals surface area contributed by atoms with Crippen LogP contribution >= 0.6 is 0 Å². The van der Waals surface area contributed by atoms with Crippen molar-refractivity contribution in [3.05, 3.63) is 35.6 Å². The highest BCUT2D eigenvalue weighted by atomic mass is 19.1. The normalized spacial score (nSPS) is 23.5. The van der Waals surface area contributed by atoms with Gasteiger partial charge in [-0.1, -0.05) is 12.1 Å². The van der Waals surface area contributed by atoms with Crippen molar-refractivity contribution < 1.29 is 9.18 Å². The first kappa shape index (κ1) is 14.0. The summed E-state index contributed by atoms with van der Waals surface area (Å²) in [5.74, 6) is 0.342. The van der Waals surface area contributed by atoms with Crippen LogP contribution in [0, 0.1) is 5.82 Å². The van der Waals surface area contributed by atoms with Crippen LogP contribution in [0.3, 0.4) is 0 Å². The molecule has 19 heavy (non-hydrogen) atoms.